The molecule has 2 aromatic heterocycles. The highest BCUT2D eigenvalue weighted by atomic mass is 16.2. The zero-order valence-electron chi connectivity index (χ0n) is 15.8. The molecule has 6 heteroatoms. The van der Waals surface area contributed by atoms with Gasteiger partial charge in [0, 0.05) is 6.20 Å². The number of fused-ring (bicyclic) bond motifs is 1. The number of carbonyl (C=O) groups excluding carboxylic acids is 1. The molecule has 0 bridgehead atoms. The van der Waals surface area contributed by atoms with E-state index in [9.17, 15) is 9.59 Å². The molecule has 0 radical (unpaired) electrons. The summed E-state index contributed by atoms with van der Waals surface area (Å²) in [6, 6.07) is 12.0. The number of carbonyl (C=O) groups is 1. The van der Waals surface area contributed by atoms with Crippen molar-refractivity contribution in [3.8, 4) is 0 Å². The third kappa shape index (κ3) is 3.96. The van der Waals surface area contributed by atoms with Gasteiger partial charge in [0.1, 0.15) is 11.9 Å². The molecule has 28 heavy (non-hydrogen) atoms. The Labute approximate surface area is 163 Å². The fraction of sp³-hybridized carbons (Fsp3) is 0.364. The van der Waals surface area contributed by atoms with E-state index in [1.807, 2.05) is 24.3 Å². The lowest BCUT2D eigenvalue weighted by atomic mass is 9.84. The van der Waals surface area contributed by atoms with Crippen molar-refractivity contribution in [3.63, 3.8) is 0 Å². The van der Waals surface area contributed by atoms with E-state index in [1.165, 1.54) is 30.2 Å². The Hall–Kier alpha value is -3.02. The summed E-state index contributed by atoms with van der Waals surface area (Å²) in [6.07, 6.45) is 9.60. The molecule has 4 rings (SSSR count). The molecule has 1 amide bonds. The van der Waals surface area contributed by atoms with Crippen LogP contribution in [-0.2, 0) is 4.79 Å². The minimum absolute atomic E-state index is 0.178. The first kappa shape index (κ1) is 18.3. The van der Waals surface area contributed by atoms with E-state index in [2.05, 4.69) is 15.3 Å². The van der Waals surface area contributed by atoms with Crippen LogP contribution in [0.4, 0.5) is 5.82 Å². The van der Waals surface area contributed by atoms with Crippen molar-refractivity contribution < 1.29 is 4.79 Å². The number of benzene rings is 1. The number of pyridine rings is 1. The van der Waals surface area contributed by atoms with Crippen molar-refractivity contribution in [1.29, 1.82) is 0 Å². The van der Waals surface area contributed by atoms with Crippen molar-refractivity contribution in [2.24, 2.45) is 5.92 Å². The highest BCUT2D eigenvalue weighted by molar-refractivity contribution is 5.93. The molecule has 1 aromatic carbocycles. The summed E-state index contributed by atoms with van der Waals surface area (Å²) < 4.78 is 1.50. The molecule has 0 spiro atoms. The summed E-state index contributed by atoms with van der Waals surface area (Å²) in [6.45, 7) is 0. The van der Waals surface area contributed by atoms with E-state index in [0.29, 0.717) is 29.1 Å². The number of hydrogen-bond donors (Lipinski definition) is 1. The minimum atomic E-state index is -0.602. The smallest absolute Gasteiger partial charge is 0.261 e. The lowest BCUT2D eigenvalue weighted by Gasteiger charge is -2.27. The maximum atomic E-state index is 13.1. The Morgan fingerprint density at radius 3 is 2.64 bits per heavy atom. The molecule has 3 aromatic rings. The molecule has 0 saturated heterocycles. The average molecular weight is 376 g/mol. The third-order valence-electron chi connectivity index (χ3n) is 5.53. The van der Waals surface area contributed by atoms with Crippen LogP contribution >= 0.6 is 0 Å². The van der Waals surface area contributed by atoms with Crippen LogP contribution in [-0.4, -0.2) is 20.4 Å². The SMILES string of the molecule is O=C(Nc1ccccn1)[C@H](CC1CCCCC1)n1cnc2ccccc2c1=O. The molecule has 6 nitrogen and oxygen atoms in total. The quantitative estimate of drug-likeness (QED) is 0.732. The molecule has 1 aliphatic rings. The minimum Gasteiger partial charge on any atom is -0.309 e. The lowest BCUT2D eigenvalue weighted by Crippen LogP contribution is -2.35. The van der Waals surface area contributed by atoms with Gasteiger partial charge in [-0.25, -0.2) is 9.97 Å². The van der Waals surface area contributed by atoms with Gasteiger partial charge in [-0.2, -0.15) is 0 Å². The molecular formula is C22H24N4O2. The van der Waals surface area contributed by atoms with Gasteiger partial charge in [-0.3, -0.25) is 14.2 Å². The Morgan fingerprint density at radius 2 is 1.86 bits per heavy atom. The maximum Gasteiger partial charge on any atom is 0.261 e. The number of aromatic nitrogens is 3. The maximum absolute atomic E-state index is 13.1. The summed E-state index contributed by atoms with van der Waals surface area (Å²) in [5.74, 6) is 0.706. The van der Waals surface area contributed by atoms with Gasteiger partial charge >= 0.3 is 0 Å². The van der Waals surface area contributed by atoms with Gasteiger partial charge in [-0.1, -0.05) is 50.3 Å². The summed E-state index contributed by atoms with van der Waals surface area (Å²) in [5, 5.41) is 3.40. The van der Waals surface area contributed by atoms with Crippen molar-refractivity contribution >= 4 is 22.6 Å². The van der Waals surface area contributed by atoms with Gasteiger partial charge in [0.15, 0.2) is 0 Å². The van der Waals surface area contributed by atoms with Gasteiger partial charge in [0.2, 0.25) is 5.91 Å². The second-order valence-electron chi connectivity index (χ2n) is 7.43. The Balaban J connectivity index is 1.68. The molecule has 1 N–H and O–H groups in total. The van der Waals surface area contributed by atoms with Crippen LogP contribution in [0, 0.1) is 5.92 Å². The van der Waals surface area contributed by atoms with Crippen LogP contribution in [0.1, 0.15) is 44.6 Å². The van der Waals surface area contributed by atoms with E-state index in [0.717, 1.165) is 12.8 Å². The predicted octanol–water partition coefficient (Wildman–Crippen LogP) is 3.94. The molecule has 1 aliphatic carbocycles. The zero-order chi connectivity index (χ0) is 19.3. The second-order valence-corrected chi connectivity index (χ2v) is 7.43. The molecule has 1 saturated carbocycles. The molecule has 1 fully saturated rings. The molecular weight excluding hydrogens is 352 g/mol. The van der Waals surface area contributed by atoms with Crippen LogP contribution in [0.3, 0.4) is 0 Å². The summed E-state index contributed by atoms with van der Waals surface area (Å²) in [7, 11) is 0. The van der Waals surface area contributed by atoms with Gasteiger partial charge in [0.25, 0.3) is 5.56 Å². The molecule has 0 unspecified atom stereocenters. The highest BCUT2D eigenvalue weighted by Gasteiger charge is 2.27. The Morgan fingerprint density at radius 1 is 1.07 bits per heavy atom. The standard InChI is InChI=1S/C22H24N4O2/c27-21(25-20-12-6-7-13-23-20)19(14-16-8-2-1-3-9-16)26-15-24-18-11-5-4-10-17(18)22(26)28/h4-7,10-13,15-16,19H,1-3,8-9,14H2,(H,23,25,27)/t19-/m0/s1. The third-order valence-corrected chi connectivity index (χ3v) is 5.53. The highest BCUT2D eigenvalue weighted by Crippen LogP contribution is 2.31. The van der Waals surface area contributed by atoms with Crippen LogP contribution in [0.25, 0.3) is 10.9 Å². The van der Waals surface area contributed by atoms with Crippen molar-refractivity contribution in [2.75, 3.05) is 5.32 Å². The largest absolute Gasteiger partial charge is 0.309 e. The molecule has 0 aliphatic heterocycles. The number of anilines is 1. The first-order valence-corrected chi connectivity index (χ1v) is 9.90. The Kier molecular flexibility index (Phi) is 5.46. The number of rotatable bonds is 5. The van der Waals surface area contributed by atoms with E-state index in [1.54, 1.807) is 24.4 Å². The van der Waals surface area contributed by atoms with Gasteiger partial charge in [-0.05, 0) is 36.6 Å². The predicted molar refractivity (Wildman–Crippen MR) is 109 cm³/mol. The monoisotopic (exact) mass is 376 g/mol. The van der Waals surface area contributed by atoms with E-state index in [-0.39, 0.29) is 11.5 Å². The van der Waals surface area contributed by atoms with E-state index in [4.69, 9.17) is 0 Å². The van der Waals surface area contributed by atoms with Crippen molar-refractivity contribution in [2.45, 2.75) is 44.6 Å². The number of nitrogens with zero attached hydrogens (tertiary/aromatic N) is 3. The Bertz CT molecular complexity index is 1010. The second kappa shape index (κ2) is 8.33. The molecule has 1 atom stereocenters. The summed E-state index contributed by atoms with van der Waals surface area (Å²) >= 11 is 0. The first-order chi connectivity index (χ1) is 13.7. The number of para-hydroxylation sites is 1. The van der Waals surface area contributed by atoms with Gasteiger partial charge < -0.3 is 5.32 Å². The number of amides is 1. The fourth-order valence-electron chi connectivity index (χ4n) is 4.04. The fourth-order valence-corrected chi connectivity index (χ4v) is 4.04. The number of nitrogens with one attached hydrogen (secondary N) is 1. The van der Waals surface area contributed by atoms with Gasteiger partial charge in [0.05, 0.1) is 17.2 Å². The zero-order valence-corrected chi connectivity index (χ0v) is 15.8. The normalized spacial score (nSPS) is 16.0. The average Bonchev–Trinajstić information content (AvgIpc) is 2.74. The van der Waals surface area contributed by atoms with Crippen molar-refractivity contribution in [1.82, 2.24) is 14.5 Å². The van der Waals surface area contributed by atoms with Crippen LogP contribution in [0.15, 0.2) is 59.8 Å². The first-order valence-electron chi connectivity index (χ1n) is 9.90. The summed E-state index contributed by atoms with van der Waals surface area (Å²) in [5.41, 5.74) is 0.466. The summed E-state index contributed by atoms with van der Waals surface area (Å²) in [4.78, 5) is 34.8. The van der Waals surface area contributed by atoms with Crippen LogP contribution < -0.4 is 10.9 Å². The van der Waals surface area contributed by atoms with Gasteiger partial charge in [-0.15, -0.1) is 0 Å². The lowest BCUT2D eigenvalue weighted by molar-refractivity contribution is -0.120. The van der Waals surface area contributed by atoms with Crippen LogP contribution in [0.2, 0.25) is 0 Å². The van der Waals surface area contributed by atoms with E-state index < -0.39 is 6.04 Å². The number of hydrogen-bond acceptors (Lipinski definition) is 4. The van der Waals surface area contributed by atoms with Crippen LogP contribution in [0.5, 0.6) is 0 Å². The van der Waals surface area contributed by atoms with E-state index >= 15 is 0 Å². The topological polar surface area (TPSA) is 76.9 Å². The molecule has 2 heterocycles. The van der Waals surface area contributed by atoms with Crippen molar-refractivity contribution in [3.05, 3.63) is 65.3 Å². The molecule has 144 valence electrons.